The highest BCUT2D eigenvalue weighted by Crippen LogP contribution is 2.21. The molecule has 1 fully saturated rings. The molecule has 0 spiro atoms. The van der Waals surface area contributed by atoms with E-state index in [9.17, 15) is 24.0 Å². The zero-order chi connectivity index (χ0) is 36.4. The third-order valence-corrected chi connectivity index (χ3v) is 8.48. The molecule has 13 heteroatoms. The Bertz CT molecular complexity index is 2080. The summed E-state index contributed by atoms with van der Waals surface area (Å²) in [6, 6.07) is 20.2. The van der Waals surface area contributed by atoms with Crippen LogP contribution in [0.15, 0.2) is 94.9 Å². The van der Waals surface area contributed by atoms with Gasteiger partial charge in [-0.1, -0.05) is 30.3 Å². The van der Waals surface area contributed by atoms with Gasteiger partial charge < -0.3 is 19.0 Å². The molecule has 6 rings (SSSR count). The molecule has 0 bridgehead atoms. The topological polar surface area (TPSA) is 150 Å². The van der Waals surface area contributed by atoms with Crippen molar-refractivity contribution in [2.24, 2.45) is 0 Å². The highest BCUT2D eigenvalue weighted by Gasteiger charge is 2.32. The zero-order valence-electron chi connectivity index (χ0n) is 29.2. The van der Waals surface area contributed by atoms with Crippen LogP contribution in [-0.4, -0.2) is 89.9 Å². The minimum Gasteiger partial charge on any atom is -0.444 e. The van der Waals surface area contributed by atoms with E-state index in [1.807, 2.05) is 75.4 Å². The average molecular weight is 694 g/mol. The van der Waals surface area contributed by atoms with E-state index in [0.717, 1.165) is 37.0 Å². The molecule has 0 N–H and O–H groups in total. The third-order valence-electron chi connectivity index (χ3n) is 8.48. The van der Waals surface area contributed by atoms with Gasteiger partial charge in [-0.05, 0) is 70.0 Å². The number of benzene rings is 2. The smallest absolute Gasteiger partial charge is 0.410 e. The number of aromatic nitrogens is 5. The zero-order valence-corrected chi connectivity index (χ0v) is 29.2. The summed E-state index contributed by atoms with van der Waals surface area (Å²) in [7, 11) is 0. The lowest BCUT2D eigenvalue weighted by atomic mass is 10.0. The highest BCUT2D eigenvalue weighted by molar-refractivity contribution is 5.85. The van der Waals surface area contributed by atoms with Gasteiger partial charge in [0.05, 0.1) is 54.0 Å². The second-order valence-electron chi connectivity index (χ2n) is 13.3. The van der Waals surface area contributed by atoms with Gasteiger partial charge in [0.1, 0.15) is 11.9 Å². The lowest BCUT2D eigenvalue weighted by Gasteiger charge is -2.38. The fraction of sp³-hybridized carbons (Fsp3) is 0.368. The summed E-state index contributed by atoms with van der Waals surface area (Å²) in [5.74, 6) is -0.0732. The van der Waals surface area contributed by atoms with Crippen molar-refractivity contribution in [1.82, 2.24) is 33.9 Å². The number of para-hydroxylation sites is 4. The maximum absolute atomic E-state index is 13.1. The number of aldehydes is 1. The van der Waals surface area contributed by atoms with Crippen molar-refractivity contribution in [2.75, 3.05) is 26.2 Å². The summed E-state index contributed by atoms with van der Waals surface area (Å²) in [6.45, 7) is 8.34. The molecule has 4 heterocycles. The maximum atomic E-state index is 13.1. The van der Waals surface area contributed by atoms with Crippen molar-refractivity contribution < 1.29 is 19.1 Å². The van der Waals surface area contributed by atoms with E-state index in [1.54, 1.807) is 27.8 Å². The molecular weight excluding hydrogens is 650 g/mol. The number of hydrogen-bond acceptors (Lipinski definition) is 10. The number of fused-ring (bicyclic) bond motifs is 2. The maximum Gasteiger partial charge on any atom is 0.410 e. The molecule has 266 valence electrons. The molecule has 2 aromatic carbocycles. The fourth-order valence-corrected chi connectivity index (χ4v) is 6.03. The van der Waals surface area contributed by atoms with Gasteiger partial charge in [-0.15, -0.1) is 0 Å². The Kier molecular flexibility index (Phi) is 12.2. The van der Waals surface area contributed by atoms with Crippen LogP contribution < -0.4 is 11.1 Å². The largest absolute Gasteiger partial charge is 0.444 e. The molecule has 0 atom stereocenters. The molecule has 5 aromatic rings. The van der Waals surface area contributed by atoms with Crippen molar-refractivity contribution in [2.45, 2.75) is 64.8 Å². The summed E-state index contributed by atoms with van der Waals surface area (Å²) in [5, 5.41) is 0. The van der Waals surface area contributed by atoms with Crippen LogP contribution in [0.5, 0.6) is 0 Å². The van der Waals surface area contributed by atoms with E-state index in [0.29, 0.717) is 36.1 Å². The van der Waals surface area contributed by atoms with Gasteiger partial charge in [-0.3, -0.25) is 28.8 Å². The minimum absolute atomic E-state index is 0.00540. The van der Waals surface area contributed by atoms with E-state index in [2.05, 4.69) is 19.9 Å². The quantitative estimate of drug-likeness (QED) is 0.197. The molecule has 0 saturated carbocycles. The molecule has 0 radical (unpaired) electrons. The summed E-state index contributed by atoms with van der Waals surface area (Å²) < 4.78 is 8.81. The second-order valence-corrected chi connectivity index (χ2v) is 13.3. The number of ether oxygens (including phenoxy) is 1. The summed E-state index contributed by atoms with van der Waals surface area (Å²) in [6.07, 6.45) is 6.12. The molecule has 1 amide bonds. The Labute approximate surface area is 295 Å². The Hall–Kier alpha value is -5.56. The molecule has 0 unspecified atom stereocenters. The van der Waals surface area contributed by atoms with Crippen LogP contribution in [0.2, 0.25) is 0 Å². The summed E-state index contributed by atoms with van der Waals surface area (Å²) in [4.78, 5) is 76.5. The van der Waals surface area contributed by atoms with Crippen LogP contribution in [0.4, 0.5) is 4.79 Å². The SMILES string of the molecule is CC(C)(C)OC(=O)N(CC(=O)Cc1ccccn1)C1CCN(CCn2c(=O)cnc3ccccc32)CC1.O=CCn1c(=O)cnc2ccccc21. The first kappa shape index (κ1) is 36.7. The monoisotopic (exact) mass is 693 g/mol. The Morgan fingerprint density at radius 3 is 2.00 bits per heavy atom. The van der Waals surface area contributed by atoms with Crippen LogP contribution in [0.25, 0.3) is 22.1 Å². The molecular formula is C38H43N7O6. The normalized spacial score (nSPS) is 13.7. The minimum atomic E-state index is -0.652. The number of hydrogen-bond donors (Lipinski definition) is 0. The Morgan fingerprint density at radius 1 is 0.824 bits per heavy atom. The molecule has 0 aliphatic carbocycles. The van der Waals surface area contributed by atoms with E-state index in [-0.39, 0.29) is 42.5 Å². The number of carbonyl (C=O) groups excluding carboxylic acids is 3. The van der Waals surface area contributed by atoms with Crippen molar-refractivity contribution in [3.8, 4) is 0 Å². The second kappa shape index (κ2) is 16.9. The first-order valence-corrected chi connectivity index (χ1v) is 17.0. The van der Waals surface area contributed by atoms with Crippen LogP contribution in [0, 0.1) is 0 Å². The van der Waals surface area contributed by atoms with E-state index < -0.39 is 11.7 Å². The van der Waals surface area contributed by atoms with Crippen LogP contribution >= 0.6 is 0 Å². The van der Waals surface area contributed by atoms with Crippen LogP contribution in [0.1, 0.15) is 39.3 Å². The van der Waals surface area contributed by atoms with Crippen molar-refractivity contribution in [3.63, 3.8) is 0 Å². The third kappa shape index (κ3) is 10.0. The van der Waals surface area contributed by atoms with Crippen LogP contribution in [-0.2, 0) is 33.8 Å². The molecule has 1 saturated heterocycles. The first-order chi connectivity index (χ1) is 24.5. The van der Waals surface area contributed by atoms with Gasteiger partial charge in [-0.2, -0.15) is 0 Å². The molecule has 3 aromatic heterocycles. The van der Waals surface area contributed by atoms with Crippen molar-refractivity contribution in [3.05, 3.63) is 112 Å². The van der Waals surface area contributed by atoms with E-state index in [4.69, 9.17) is 4.74 Å². The predicted molar refractivity (Wildman–Crippen MR) is 193 cm³/mol. The van der Waals surface area contributed by atoms with Gasteiger partial charge in [0, 0.05) is 44.1 Å². The number of carbonyl (C=O) groups is 3. The van der Waals surface area contributed by atoms with Gasteiger partial charge in [0.2, 0.25) is 0 Å². The van der Waals surface area contributed by atoms with Gasteiger partial charge in [-0.25, -0.2) is 14.8 Å². The number of piperidine rings is 1. The van der Waals surface area contributed by atoms with Gasteiger partial charge in [0.15, 0.2) is 5.78 Å². The lowest BCUT2D eigenvalue weighted by molar-refractivity contribution is -0.120. The fourth-order valence-electron chi connectivity index (χ4n) is 6.03. The Morgan fingerprint density at radius 2 is 1.41 bits per heavy atom. The molecule has 51 heavy (non-hydrogen) atoms. The number of Topliss-reactive ketones (excluding diaryl/α,β-unsaturated/α-hetero) is 1. The number of pyridine rings is 1. The van der Waals surface area contributed by atoms with Crippen molar-refractivity contribution in [1.29, 1.82) is 0 Å². The molecule has 1 aliphatic rings. The number of amides is 1. The van der Waals surface area contributed by atoms with Crippen LogP contribution in [0.3, 0.4) is 0 Å². The first-order valence-electron chi connectivity index (χ1n) is 17.0. The van der Waals surface area contributed by atoms with E-state index in [1.165, 1.54) is 17.0 Å². The molecule has 1 aliphatic heterocycles. The van der Waals surface area contributed by atoms with E-state index >= 15 is 0 Å². The number of rotatable bonds is 10. The number of ketones is 1. The summed E-state index contributed by atoms with van der Waals surface area (Å²) >= 11 is 0. The summed E-state index contributed by atoms with van der Waals surface area (Å²) in [5.41, 5.74) is 2.69. The van der Waals surface area contributed by atoms with Gasteiger partial charge >= 0.3 is 6.09 Å². The highest BCUT2D eigenvalue weighted by atomic mass is 16.6. The number of likely N-dealkylation sites (tertiary alicyclic amines) is 1. The number of nitrogens with zero attached hydrogens (tertiary/aromatic N) is 7. The Balaban J connectivity index is 0.000000299. The predicted octanol–water partition coefficient (Wildman–Crippen LogP) is 3.90. The van der Waals surface area contributed by atoms with Crippen molar-refractivity contribution >= 4 is 40.2 Å². The standard InChI is InChI=1S/C28H35N5O4.C10H8N2O2/c1-28(2,3)37-27(36)33(20-23(34)18-21-8-6-7-13-29-21)22-11-14-31(15-12-22)16-17-32-25-10-5-4-9-24(25)30-19-26(32)35;13-6-5-12-9-4-2-1-3-8(9)11-7-10(12)14/h4-10,13,19,22H,11-12,14-18,20H2,1-3H3;1-4,6-7H,5H2. The molecule has 13 nitrogen and oxygen atoms in total. The lowest BCUT2D eigenvalue weighted by Crippen LogP contribution is -2.51. The van der Waals surface area contributed by atoms with Gasteiger partial charge in [0.25, 0.3) is 11.1 Å². The average Bonchev–Trinajstić information content (AvgIpc) is 3.12.